The fraction of sp³-hybridized carbons (Fsp3) is 0.909. The van der Waals surface area contributed by atoms with Gasteiger partial charge in [-0.3, -0.25) is 0 Å². The van der Waals surface area contributed by atoms with Crippen LogP contribution >= 0.6 is 0 Å². The summed E-state index contributed by atoms with van der Waals surface area (Å²) in [5.74, 6) is 0. The quantitative estimate of drug-likeness (QED) is 0.671. The van der Waals surface area contributed by atoms with Gasteiger partial charge in [0.15, 0.2) is 0 Å². The second-order valence-electron chi connectivity index (χ2n) is 4.97. The van der Waals surface area contributed by atoms with Crippen molar-refractivity contribution in [2.75, 3.05) is 20.2 Å². The first-order valence-corrected chi connectivity index (χ1v) is 5.60. The molecule has 1 fully saturated rings. The lowest BCUT2D eigenvalue weighted by atomic mass is 10.1. The van der Waals surface area contributed by atoms with Crippen molar-refractivity contribution in [2.24, 2.45) is 0 Å². The zero-order valence-electron chi connectivity index (χ0n) is 10.2. The van der Waals surface area contributed by atoms with E-state index in [1.807, 2.05) is 20.8 Å². The molecule has 1 aliphatic rings. The summed E-state index contributed by atoms with van der Waals surface area (Å²) in [4.78, 5) is 11.7. The standard InChI is InChI=1S/C11H22N2O2/c1-11(2,3)13(10(14)15-4)12-8-6-5-7-9-12/h5-9H2,1-4H3. The van der Waals surface area contributed by atoms with Gasteiger partial charge in [0.1, 0.15) is 0 Å². The number of amides is 1. The molecule has 15 heavy (non-hydrogen) atoms. The summed E-state index contributed by atoms with van der Waals surface area (Å²) in [5, 5.41) is 3.85. The highest BCUT2D eigenvalue weighted by Crippen LogP contribution is 2.21. The van der Waals surface area contributed by atoms with Crippen LogP contribution in [-0.2, 0) is 4.74 Å². The van der Waals surface area contributed by atoms with Crippen LogP contribution in [-0.4, -0.2) is 41.8 Å². The lowest BCUT2D eigenvalue weighted by Gasteiger charge is -2.43. The van der Waals surface area contributed by atoms with E-state index in [0.29, 0.717) is 0 Å². The zero-order chi connectivity index (χ0) is 11.5. The third-order valence-corrected chi connectivity index (χ3v) is 2.60. The van der Waals surface area contributed by atoms with E-state index in [0.717, 1.165) is 25.9 Å². The predicted molar refractivity (Wildman–Crippen MR) is 59.4 cm³/mol. The summed E-state index contributed by atoms with van der Waals surface area (Å²) >= 11 is 0. The van der Waals surface area contributed by atoms with Gasteiger partial charge in [0.05, 0.1) is 12.6 Å². The summed E-state index contributed by atoms with van der Waals surface area (Å²) in [5.41, 5.74) is -0.218. The van der Waals surface area contributed by atoms with Crippen LogP contribution in [0.1, 0.15) is 40.0 Å². The van der Waals surface area contributed by atoms with Gasteiger partial charge in [-0.15, -0.1) is 0 Å². The number of hydrogen-bond donors (Lipinski definition) is 0. The Morgan fingerprint density at radius 2 is 1.73 bits per heavy atom. The summed E-state index contributed by atoms with van der Waals surface area (Å²) in [6, 6.07) is 0. The van der Waals surface area contributed by atoms with Crippen molar-refractivity contribution in [1.82, 2.24) is 10.0 Å². The molecule has 0 atom stereocenters. The van der Waals surface area contributed by atoms with Crippen LogP contribution in [0.5, 0.6) is 0 Å². The molecule has 0 spiro atoms. The molecule has 0 aromatic heterocycles. The van der Waals surface area contributed by atoms with Crippen LogP contribution in [0.25, 0.3) is 0 Å². The van der Waals surface area contributed by atoms with Crippen LogP contribution in [0.15, 0.2) is 0 Å². The topological polar surface area (TPSA) is 32.8 Å². The third kappa shape index (κ3) is 3.09. The van der Waals surface area contributed by atoms with Crippen LogP contribution in [0.3, 0.4) is 0 Å². The first-order chi connectivity index (χ1) is 6.96. The Morgan fingerprint density at radius 3 is 2.13 bits per heavy atom. The maximum atomic E-state index is 11.7. The average molecular weight is 214 g/mol. The molecular formula is C11H22N2O2. The van der Waals surface area contributed by atoms with Crippen molar-refractivity contribution in [3.8, 4) is 0 Å². The summed E-state index contributed by atoms with van der Waals surface area (Å²) in [6.07, 6.45) is 3.31. The zero-order valence-corrected chi connectivity index (χ0v) is 10.2. The lowest BCUT2D eigenvalue weighted by molar-refractivity contribution is -0.0800. The summed E-state index contributed by atoms with van der Waals surface area (Å²) < 4.78 is 4.84. The Hall–Kier alpha value is -0.770. The Balaban J connectivity index is 2.75. The highest BCUT2D eigenvalue weighted by atomic mass is 16.5. The molecule has 88 valence electrons. The average Bonchev–Trinajstić information content (AvgIpc) is 2.17. The second kappa shape index (κ2) is 4.84. The Morgan fingerprint density at radius 1 is 1.20 bits per heavy atom. The van der Waals surface area contributed by atoms with Gasteiger partial charge in [-0.05, 0) is 33.6 Å². The second-order valence-corrected chi connectivity index (χ2v) is 4.97. The van der Waals surface area contributed by atoms with Gasteiger partial charge in [0.25, 0.3) is 0 Å². The maximum absolute atomic E-state index is 11.7. The minimum absolute atomic E-state index is 0.218. The van der Waals surface area contributed by atoms with Crippen molar-refractivity contribution in [1.29, 1.82) is 0 Å². The molecule has 1 aliphatic heterocycles. The van der Waals surface area contributed by atoms with E-state index >= 15 is 0 Å². The Bertz CT molecular complexity index is 217. The largest absolute Gasteiger partial charge is 0.452 e. The number of rotatable bonds is 1. The van der Waals surface area contributed by atoms with Gasteiger partial charge in [-0.25, -0.2) is 14.8 Å². The van der Waals surface area contributed by atoms with Crippen LogP contribution in [0.4, 0.5) is 4.79 Å². The molecule has 0 N–H and O–H groups in total. The Kier molecular flexibility index (Phi) is 3.97. The van der Waals surface area contributed by atoms with Crippen LogP contribution < -0.4 is 0 Å². The van der Waals surface area contributed by atoms with E-state index in [4.69, 9.17) is 4.74 Å². The first kappa shape index (κ1) is 12.3. The van der Waals surface area contributed by atoms with Crippen molar-refractivity contribution in [3.63, 3.8) is 0 Å². The molecule has 1 saturated heterocycles. The molecule has 4 nitrogen and oxygen atoms in total. The van der Waals surface area contributed by atoms with Crippen molar-refractivity contribution in [2.45, 2.75) is 45.6 Å². The molecule has 0 unspecified atom stereocenters. The van der Waals surface area contributed by atoms with Crippen molar-refractivity contribution in [3.05, 3.63) is 0 Å². The monoisotopic (exact) mass is 214 g/mol. The number of ether oxygens (including phenoxy) is 1. The minimum Gasteiger partial charge on any atom is -0.452 e. The van der Waals surface area contributed by atoms with Gasteiger partial charge < -0.3 is 4.74 Å². The maximum Gasteiger partial charge on any atom is 0.424 e. The van der Waals surface area contributed by atoms with E-state index in [1.54, 1.807) is 5.01 Å². The molecule has 0 saturated carbocycles. The van der Waals surface area contributed by atoms with E-state index in [1.165, 1.54) is 13.5 Å². The molecule has 4 heteroatoms. The van der Waals surface area contributed by atoms with Gasteiger partial charge in [0.2, 0.25) is 0 Å². The summed E-state index contributed by atoms with van der Waals surface area (Å²) in [6.45, 7) is 7.98. The molecule has 0 aromatic carbocycles. The molecule has 0 radical (unpaired) electrons. The van der Waals surface area contributed by atoms with E-state index in [9.17, 15) is 4.79 Å². The highest BCUT2D eigenvalue weighted by Gasteiger charge is 2.33. The third-order valence-electron chi connectivity index (χ3n) is 2.60. The highest BCUT2D eigenvalue weighted by molar-refractivity contribution is 5.67. The van der Waals surface area contributed by atoms with Crippen molar-refractivity contribution >= 4 is 6.09 Å². The molecule has 1 heterocycles. The number of nitrogens with zero attached hydrogens (tertiary/aromatic N) is 2. The number of hydrazine groups is 1. The lowest BCUT2D eigenvalue weighted by Crippen LogP contribution is -2.57. The SMILES string of the molecule is COC(=O)N(N1CCCCC1)C(C)(C)C. The molecule has 0 aliphatic carbocycles. The van der Waals surface area contributed by atoms with Gasteiger partial charge >= 0.3 is 6.09 Å². The fourth-order valence-corrected chi connectivity index (χ4v) is 1.98. The van der Waals surface area contributed by atoms with Crippen molar-refractivity contribution < 1.29 is 9.53 Å². The fourth-order valence-electron chi connectivity index (χ4n) is 1.98. The number of carbonyl (C=O) groups excluding carboxylic acids is 1. The number of carbonyl (C=O) groups is 1. The molecular weight excluding hydrogens is 192 g/mol. The summed E-state index contributed by atoms with van der Waals surface area (Å²) in [7, 11) is 1.44. The van der Waals surface area contributed by atoms with Crippen LogP contribution in [0, 0.1) is 0 Å². The Labute approximate surface area is 92.1 Å². The van der Waals surface area contributed by atoms with Gasteiger partial charge in [-0.1, -0.05) is 6.42 Å². The van der Waals surface area contributed by atoms with E-state index in [2.05, 4.69) is 5.01 Å². The normalized spacial score (nSPS) is 18.7. The van der Waals surface area contributed by atoms with Gasteiger partial charge in [0, 0.05) is 13.1 Å². The van der Waals surface area contributed by atoms with E-state index in [-0.39, 0.29) is 11.6 Å². The molecule has 0 bridgehead atoms. The molecule has 1 rings (SSSR count). The van der Waals surface area contributed by atoms with Crippen LogP contribution in [0.2, 0.25) is 0 Å². The smallest absolute Gasteiger partial charge is 0.424 e. The number of piperidine rings is 1. The first-order valence-electron chi connectivity index (χ1n) is 5.60. The number of hydrogen-bond acceptors (Lipinski definition) is 3. The molecule has 0 aromatic rings. The number of methoxy groups -OCH3 is 1. The minimum atomic E-state index is -0.260. The molecule has 1 amide bonds. The van der Waals surface area contributed by atoms with Gasteiger partial charge in [-0.2, -0.15) is 0 Å². The van der Waals surface area contributed by atoms with E-state index < -0.39 is 0 Å². The predicted octanol–water partition coefficient (Wildman–Crippen LogP) is 2.25.